The Bertz CT molecular complexity index is 847. The molecule has 2 aromatic rings. The molecule has 0 saturated heterocycles. The summed E-state index contributed by atoms with van der Waals surface area (Å²) in [6, 6.07) is 16.5. The third kappa shape index (κ3) is 5.82. The molecule has 1 amide bonds. The van der Waals surface area contributed by atoms with E-state index in [1.54, 1.807) is 31.2 Å². The maximum atomic E-state index is 12.7. The molecule has 0 aromatic heterocycles. The van der Waals surface area contributed by atoms with Crippen LogP contribution in [0.4, 0.5) is 5.69 Å². The Morgan fingerprint density at radius 1 is 1.04 bits per heavy atom. The van der Waals surface area contributed by atoms with Gasteiger partial charge in [-0.15, -0.1) is 0 Å². The summed E-state index contributed by atoms with van der Waals surface area (Å²) in [5.74, 6) is 0.268. The van der Waals surface area contributed by atoms with E-state index in [1.807, 2.05) is 30.3 Å². The van der Waals surface area contributed by atoms with E-state index in [1.165, 1.54) is 10.6 Å². The van der Waals surface area contributed by atoms with Crippen molar-refractivity contribution in [3.05, 3.63) is 65.7 Å². The highest BCUT2D eigenvalue weighted by molar-refractivity contribution is 7.92. The zero-order chi connectivity index (χ0) is 20.0. The number of amides is 1. The summed E-state index contributed by atoms with van der Waals surface area (Å²) in [5.41, 5.74) is 2.14. The summed E-state index contributed by atoms with van der Waals surface area (Å²) in [5, 5.41) is 3.10. The molecule has 146 valence electrons. The molecule has 1 unspecified atom stereocenters. The molecule has 6 heteroatoms. The summed E-state index contributed by atoms with van der Waals surface area (Å²) in [6.45, 7) is 6.37. The van der Waals surface area contributed by atoms with Crippen LogP contribution in [0.2, 0.25) is 0 Å². The summed E-state index contributed by atoms with van der Waals surface area (Å²) in [6.07, 6.45) is 2.01. The smallest absolute Gasteiger partial charge is 0.251 e. The van der Waals surface area contributed by atoms with Gasteiger partial charge in [0.2, 0.25) is 10.0 Å². The molecule has 0 aliphatic heterocycles. The van der Waals surface area contributed by atoms with Crippen LogP contribution < -0.4 is 9.62 Å². The first-order valence-electron chi connectivity index (χ1n) is 9.16. The molecule has 0 bridgehead atoms. The lowest BCUT2D eigenvalue weighted by molar-refractivity contribution is 0.0932. The predicted octanol–water partition coefficient (Wildman–Crippen LogP) is 3.99. The molecule has 0 saturated carbocycles. The van der Waals surface area contributed by atoms with E-state index in [2.05, 4.69) is 19.2 Å². The van der Waals surface area contributed by atoms with E-state index < -0.39 is 10.0 Å². The van der Waals surface area contributed by atoms with Crippen molar-refractivity contribution in [2.24, 2.45) is 5.92 Å². The fraction of sp³-hybridized carbons (Fsp3) is 0.381. The van der Waals surface area contributed by atoms with Crippen LogP contribution in [0.1, 0.15) is 49.2 Å². The Kier molecular flexibility index (Phi) is 7.02. The molecule has 0 aliphatic rings. The minimum atomic E-state index is -3.34. The second kappa shape index (κ2) is 9.04. The molecule has 0 aliphatic carbocycles. The molecule has 27 heavy (non-hydrogen) atoms. The first-order chi connectivity index (χ1) is 12.7. The third-order valence-electron chi connectivity index (χ3n) is 4.32. The second-order valence-electron chi connectivity index (χ2n) is 7.04. The van der Waals surface area contributed by atoms with Crippen LogP contribution in [0.5, 0.6) is 0 Å². The molecule has 0 fully saturated rings. The van der Waals surface area contributed by atoms with Crippen LogP contribution in [0.15, 0.2) is 54.6 Å². The van der Waals surface area contributed by atoms with Gasteiger partial charge in [0.25, 0.3) is 5.91 Å². The molecule has 2 rings (SSSR count). The summed E-state index contributed by atoms with van der Waals surface area (Å²) in [4.78, 5) is 12.7. The molecule has 5 nitrogen and oxygen atoms in total. The summed E-state index contributed by atoms with van der Waals surface area (Å²) >= 11 is 0. The minimum Gasteiger partial charge on any atom is -0.345 e. The van der Waals surface area contributed by atoms with Crippen molar-refractivity contribution in [1.29, 1.82) is 0 Å². The lowest BCUT2D eigenvalue weighted by atomic mass is 9.96. The van der Waals surface area contributed by atoms with E-state index in [9.17, 15) is 13.2 Å². The Hall–Kier alpha value is -2.34. The number of nitrogens with zero attached hydrogens (tertiary/aromatic N) is 1. The Labute approximate surface area is 162 Å². The standard InChI is InChI=1S/C21H28N2O3S/c1-5-23(27(4,25)26)19-13-11-18(12-14-19)21(24)22-20(15-16(2)3)17-9-7-6-8-10-17/h6-14,16,20H,5,15H2,1-4H3,(H,22,24). The Morgan fingerprint density at radius 3 is 2.11 bits per heavy atom. The van der Waals surface area contributed by atoms with Crippen LogP contribution in [-0.2, 0) is 10.0 Å². The van der Waals surface area contributed by atoms with Gasteiger partial charge in [-0.05, 0) is 49.1 Å². The SMILES string of the molecule is CCN(c1ccc(C(=O)NC(CC(C)C)c2ccccc2)cc1)S(C)(=O)=O. The van der Waals surface area contributed by atoms with Crippen molar-refractivity contribution < 1.29 is 13.2 Å². The lowest BCUT2D eigenvalue weighted by Crippen LogP contribution is -2.30. The fourth-order valence-electron chi connectivity index (χ4n) is 3.06. The van der Waals surface area contributed by atoms with Gasteiger partial charge in [-0.25, -0.2) is 8.42 Å². The van der Waals surface area contributed by atoms with Crippen LogP contribution in [0, 0.1) is 5.92 Å². The van der Waals surface area contributed by atoms with Crippen LogP contribution in [0.3, 0.4) is 0 Å². The van der Waals surface area contributed by atoms with Gasteiger partial charge in [-0.1, -0.05) is 44.2 Å². The minimum absolute atomic E-state index is 0.0680. The number of nitrogens with one attached hydrogen (secondary N) is 1. The van der Waals surface area contributed by atoms with E-state index in [0.29, 0.717) is 23.7 Å². The highest BCUT2D eigenvalue weighted by Gasteiger charge is 2.19. The lowest BCUT2D eigenvalue weighted by Gasteiger charge is -2.22. The van der Waals surface area contributed by atoms with Gasteiger partial charge in [0.1, 0.15) is 0 Å². The number of hydrogen-bond donors (Lipinski definition) is 1. The maximum absolute atomic E-state index is 12.7. The zero-order valence-electron chi connectivity index (χ0n) is 16.3. The monoisotopic (exact) mass is 388 g/mol. The maximum Gasteiger partial charge on any atom is 0.251 e. The Balaban J connectivity index is 2.18. The first-order valence-corrected chi connectivity index (χ1v) is 11.0. The van der Waals surface area contributed by atoms with Gasteiger partial charge in [-0.3, -0.25) is 9.10 Å². The molecule has 0 radical (unpaired) electrons. The van der Waals surface area contributed by atoms with Gasteiger partial charge in [-0.2, -0.15) is 0 Å². The van der Waals surface area contributed by atoms with Gasteiger partial charge >= 0.3 is 0 Å². The molecule has 1 atom stereocenters. The van der Waals surface area contributed by atoms with Gasteiger partial charge in [0.15, 0.2) is 0 Å². The van der Waals surface area contributed by atoms with Gasteiger partial charge < -0.3 is 5.32 Å². The quantitative estimate of drug-likeness (QED) is 0.743. The van der Waals surface area contributed by atoms with Crippen LogP contribution in [-0.4, -0.2) is 27.1 Å². The van der Waals surface area contributed by atoms with Crippen molar-refractivity contribution >= 4 is 21.6 Å². The number of sulfonamides is 1. The van der Waals surface area contributed by atoms with E-state index in [4.69, 9.17) is 0 Å². The first kappa shape index (κ1) is 21.0. The topological polar surface area (TPSA) is 66.5 Å². The Morgan fingerprint density at radius 2 is 1.63 bits per heavy atom. The van der Waals surface area contributed by atoms with Crippen molar-refractivity contribution in [2.75, 3.05) is 17.1 Å². The molecule has 0 heterocycles. The van der Waals surface area contributed by atoms with E-state index in [-0.39, 0.29) is 11.9 Å². The number of carbonyl (C=O) groups excluding carboxylic acids is 1. The molecular weight excluding hydrogens is 360 g/mol. The summed E-state index contributed by atoms with van der Waals surface area (Å²) in [7, 11) is -3.34. The zero-order valence-corrected chi connectivity index (χ0v) is 17.2. The van der Waals surface area contributed by atoms with Crippen molar-refractivity contribution in [2.45, 2.75) is 33.2 Å². The van der Waals surface area contributed by atoms with Crippen LogP contribution >= 0.6 is 0 Å². The number of hydrogen-bond acceptors (Lipinski definition) is 3. The van der Waals surface area contributed by atoms with Crippen LogP contribution in [0.25, 0.3) is 0 Å². The largest absolute Gasteiger partial charge is 0.345 e. The highest BCUT2D eigenvalue weighted by Crippen LogP contribution is 2.23. The van der Waals surface area contributed by atoms with Gasteiger partial charge in [0.05, 0.1) is 18.0 Å². The average Bonchev–Trinajstić information content (AvgIpc) is 2.61. The van der Waals surface area contributed by atoms with Crippen molar-refractivity contribution in [3.63, 3.8) is 0 Å². The number of rotatable bonds is 8. The molecule has 2 aromatic carbocycles. The number of benzene rings is 2. The van der Waals surface area contributed by atoms with Crippen molar-refractivity contribution in [3.8, 4) is 0 Å². The molecule has 0 spiro atoms. The predicted molar refractivity (Wildman–Crippen MR) is 110 cm³/mol. The second-order valence-corrected chi connectivity index (χ2v) is 8.95. The molecular formula is C21H28N2O3S. The number of anilines is 1. The highest BCUT2D eigenvalue weighted by atomic mass is 32.2. The third-order valence-corrected chi connectivity index (χ3v) is 5.59. The fourth-order valence-corrected chi connectivity index (χ4v) is 4.04. The van der Waals surface area contributed by atoms with E-state index in [0.717, 1.165) is 12.0 Å². The van der Waals surface area contributed by atoms with Crippen molar-refractivity contribution in [1.82, 2.24) is 5.32 Å². The average molecular weight is 389 g/mol. The van der Waals surface area contributed by atoms with E-state index >= 15 is 0 Å². The molecule has 1 N–H and O–H groups in total. The number of carbonyl (C=O) groups is 1. The normalized spacial score (nSPS) is 12.6. The summed E-state index contributed by atoms with van der Waals surface area (Å²) < 4.78 is 25.0. The van der Waals surface area contributed by atoms with Gasteiger partial charge in [0, 0.05) is 12.1 Å².